The smallest absolute Gasteiger partial charge is 0.324 e. The number of rotatable bonds is 11. The third-order valence-corrected chi connectivity index (χ3v) is 5.56. The number of aliphatic hydroxyl groups excluding tert-OH is 1. The van der Waals surface area contributed by atoms with Gasteiger partial charge in [-0.2, -0.15) is 0 Å². The molecule has 0 bridgehead atoms. The van der Waals surface area contributed by atoms with Crippen molar-refractivity contribution in [1.82, 2.24) is 15.5 Å². The summed E-state index contributed by atoms with van der Waals surface area (Å²) in [5, 5.41) is 15.0. The summed E-state index contributed by atoms with van der Waals surface area (Å²) >= 11 is 0. The van der Waals surface area contributed by atoms with Crippen LogP contribution >= 0.6 is 0 Å². The molecule has 3 N–H and O–H groups in total. The molecule has 2 aromatic rings. The normalized spacial score (nSPS) is 16.3. The third kappa shape index (κ3) is 6.01. The Morgan fingerprint density at radius 2 is 1.85 bits per heavy atom. The maximum Gasteiger partial charge on any atom is 0.324 e. The molecule has 2 unspecified atom stereocenters. The van der Waals surface area contributed by atoms with E-state index in [1.807, 2.05) is 42.5 Å². The Kier molecular flexibility index (Phi) is 8.26. The Balaban J connectivity index is 1.51. The minimum atomic E-state index is -0.752. The highest BCUT2D eigenvalue weighted by molar-refractivity contribution is 6.04. The summed E-state index contributed by atoms with van der Waals surface area (Å²) in [4.78, 5) is 38.5. The molecule has 2 aromatic carbocycles. The van der Waals surface area contributed by atoms with E-state index in [-0.39, 0.29) is 37.8 Å². The van der Waals surface area contributed by atoms with Crippen LogP contribution in [0.3, 0.4) is 0 Å². The molecule has 1 aliphatic rings. The maximum absolute atomic E-state index is 12.7. The predicted octanol–water partition coefficient (Wildman–Crippen LogP) is 1.80. The quantitative estimate of drug-likeness (QED) is 0.445. The fraction of sp³-hybridized carbons (Fsp3) is 0.375. The van der Waals surface area contributed by atoms with Crippen molar-refractivity contribution in [1.29, 1.82) is 0 Å². The molecule has 3 rings (SSSR count). The Morgan fingerprint density at radius 1 is 1.12 bits per heavy atom. The average molecular weight is 456 g/mol. The molecule has 0 aromatic heterocycles. The molecule has 176 valence electrons. The van der Waals surface area contributed by atoms with Gasteiger partial charge in [-0.1, -0.05) is 36.4 Å². The number of ether oxygens (including phenoxy) is 2. The standard InChI is InChI=1S/C24H29N3O6/c1-32-20-10-8-16(14-21(20)33-2)12-13-27-23(30)18(26-24(27)31)9-11-22(29)25-19(15-28)17-6-4-3-5-7-17/h3-8,10,14,18-19,28H,9,11-13,15H2,1-2H3,(H,25,29)(H,26,31). The molecule has 0 spiro atoms. The lowest BCUT2D eigenvalue weighted by Gasteiger charge is -2.17. The van der Waals surface area contributed by atoms with E-state index < -0.39 is 18.1 Å². The topological polar surface area (TPSA) is 117 Å². The zero-order chi connectivity index (χ0) is 23.8. The van der Waals surface area contributed by atoms with E-state index in [1.165, 1.54) is 4.90 Å². The number of hydrogen-bond acceptors (Lipinski definition) is 6. The van der Waals surface area contributed by atoms with Crippen LogP contribution in [0.25, 0.3) is 0 Å². The van der Waals surface area contributed by atoms with Crippen LogP contribution < -0.4 is 20.1 Å². The van der Waals surface area contributed by atoms with Crippen molar-refractivity contribution in [3.05, 3.63) is 59.7 Å². The van der Waals surface area contributed by atoms with Crippen LogP contribution in [0, 0.1) is 0 Å². The highest BCUT2D eigenvalue weighted by Crippen LogP contribution is 2.28. The first-order valence-corrected chi connectivity index (χ1v) is 10.7. The van der Waals surface area contributed by atoms with Gasteiger partial charge in [-0.3, -0.25) is 14.5 Å². The molecule has 1 heterocycles. The number of carbonyl (C=O) groups is 3. The molecule has 2 atom stereocenters. The van der Waals surface area contributed by atoms with Gasteiger partial charge in [0.1, 0.15) is 6.04 Å². The van der Waals surface area contributed by atoms with Gasteiger partial charge in [-0.25, -0.2) is 4.79 Å². The second kappa shape index (κ2) is 11.3. The molecule has 1 aliphatic heterocycles. The zero-order valence-electron chi connectivity index (χ0n) is 18.7. The number of urea groups is 1. The lowest BCUT2D eigenvalue weighted by molar-refractivity contribution is -0.127. The number of nitrogens with one attached hydrogen (secondary N) is 2. The van der Waals surface area contributed by atoms with Crippen LogP contribution in [0.15, 0.2) is 48.5 Å². The fourth-order valence-corrected chi connectivity index (χ4v) is 3.72. The Bertz CT molecular complexity index is 981. The van der Waals surface area contributed by atoms with Crippen molar-refractivity contribution in [2.24, 2.45) is 0 Å². The number of imide groups is 1. The lowest BCUT2D eigenvalue weighted by atomic mass is 10.1. The summed E-state index contributed by atoms with van der Waals surface area (Å²) in [5.41, 5.74) is 1.69. The van der Waals surface area contributed by atoms with Crippen molar-refractivity contribution in [2.45, 2.75) is 31.3 Å². The summed E-state index contributed by atoms with van der Waals surface area (Å²) in [6, 6.07) is 12.8. The van der Waals surface area contributed by atoms with E-state index in [0.29, 0.717) is 17.9 Å². The number of aliphatic hydroxyl groups is 1. The average Bonchev–Trinajstić information content (AvgIpc) is 3.12. The van der Waals surface area contributed by atoms with Gasteiger partial charge in [-0.05, 0) is 36.1 Å². The second-order valence-electron chi connectivity index (χ2n) is 7.68. The maximum atomic E-state index is 12.7. The van der Waals surface area contributed by atoms with Crippen molar-refractivity contribution in [3.63, 3.8) is 0 Å². The van der Waals surface area contributed by atoms with Gasteiger partial charge in [0.15, 0.2) is 11.5 Å². The highest BCUT2D eigenvalue weighted by atomic mass is 16.5. The van der Waals surface area contributed by atoms with Crippen molar-refractivity contribution < 1.29 is 29.0 Å². The predicted molar refractivity (Wildman–Crippen MR) is 121 cm³/mol. The minimum absolute atomic E-state index is 0.0452. The van der Waals surface area contributed by atoms with Crippen molar-refractivity contribution in [2.75, 3.05) is 27.4 Å². The van der Waals surface area contributed by atoms with E-state index in [4.69, 9.17) is 9.47 Å². The molecule has 0 saturated carbocycles. The molecule has 0 aliphatic carbocycles. The summed E-state index contributed by atoms with van der Waals surface area (Å²) in [7, 11) is 3.10. The Labute approximate surface area is 192 Å². The number of nitrogens with zero attached hydrogens (tertiary/aromatic N) is 1. The SMILES string of the molecule is COc1ccc(CCN2C(=O)NC(CCC(=O)NC(CO)c3ccccc3)C2=O)cc1OC. The summed E-state index contributed by atoms with van der Waals surface area (Å²) in [6.07, 6.45) is 0.682. The van der Waals surface area contributed by atoms with Gasteiger partial charge in [0.05, 0.1) is 26.9 Å². The van der Waals surface area contributed by atoms with Crippen LogP contribution in [0.2, 0.25) is 0 Å². The number of benzene rings is 2. The van der Waals surface area contributed by atoms with Crippen LogP contribution in [-0.4, -0.2) is 61.3 Å². The molecule has 9 nitrogen and oxygen atoms in total. The molecule has 1 fully saturated rings. The van der Waals surface area contributed by atoms with Gasteiger partial charge >= 0.3 is 6.03 Å². The van der Waals surface area contributed by atoms with Gasteiger partial charge < -0.3 is 25.2 Å². The number of hydrogen-bond donors (Lipinski definition) is 3. The van der Waals surface area contributed by atoms with Crippen molar-refractivity contribution >= 4 is 17.8 Å². The first kappa shape index (κ1) is 24.1. The van der Waals surface area contributed by atoms with Crippen LogP contribution in [0.5, 0.6) is 11.5 Å². The molecule has 0 radical (unpaired) electrons. The summed E-state index contributed by atoms with van der Waals surface area (Å²) < 4.78 is 10.5. The van der Waals surface area contributed by atoms with E-state index in [2.05, 4.69) is 10.6 Å². The lowest BCUT2D eigenvalue weighted by Crippen LogP contribution is -2.35. The van der Waals surface area contributed by atoms with Gasteiger partial charge in [-0.15, -0.1) is 0 Å². The van der Waals surface area contributed by atoms with E-state index in [1.54, 1.807) is 20.3 Å². The van der Waals surface area contributed by atoms with Gasteiger partial charge in [0.25, 0.3) is 5.91 Å². The number of amides is 4. The van der Waals surface area contributed by atoms with Crippen LogP contribution in [0.4, 0.5) is 4.79 Å². The Morgan fingerprint density at radius 3 is 2.52 bits per heavy atom. The molecular formula is C24H29N3O6. The van der Waals surface area contributed by atoms with E-state index in [0.717, 1.165) is 11.1 Å². The van der Waals surface area contributed by atoms with Crippen LogP contribution in [-0.2, 0) is 16.0 Å². The van der Waals surface area contributed by atoms with Gasteiger partial charge in [0, 0.05) is 13.0 Å². The van der Waals surface area contributed by atoms with Gasteiger partial charge in [0.2, 0.25) is 5.91 Å². The first-order valence-electron chi connectivity index (χ1n) is 10.7. The summed E-state index contributed by atoms with van der Waals surface area (Å²) in [5.74, 6) is 0.525. The second-order valence-corrected chi connectivity index (χ2v) is 7.68. The van der Waals surface area contributed by atoms with E-state index in [9.17, 15) is 19.5 Å². The Hall–Kier alpha value is -3.59. The van der Waals surface area contributed by atoms with Crippen LogP contribution in [0.1, 0.15) is 30.0 Å². The molecule has 4 amide bonds. The highest BCUT2D eigenvalue weighted by Gasteiger charge is 2.37. The first-order chi connectivity index (χ1) is 16.0. The molecular weight excluding hydrogens is 426 g/mol. The number of carbonyl (C=O) groups excluding carboxylic acids is 3. The summed E-state index contributed by atoms with van der Waals surface area (Å²) in [6.45, 7) is -0.0256. The molecule has 1 saturated heterocycles. The number of methoxy groups -OCH3 is 2. The molecule has 9 heteroatoms. The zero-order valence-corrected chi connectivity index (χ0v) is 18.7. The molecule has 33 heavy (non-hydrogen) atoms. The fourth-order valence-electron chi connectivity index (χ4n) is 3.72. The van der Waals surface area contributed by atoms with E-state index >= 15 is 0 Å². The minimum Gasteiger partial charge on any atom is -0.493 e. The monoisotopic (exact) mass is 455 g/mol. The van der Waals surface area contributed by atoms with Crippen molar-refractivity contribution in [3.8, 4) is 11.5 Å². The third-order valence-electron chi connectivity index (χ3n) is 5.56. The largest absolute Gasteiger partial charge is 0.493 e.